The highest BCUT2D eigenvalue weighted by Crippen LogP contribution is 2.22. The number of carbonyl (C=O) groups is 6. The molecule has 6 N–H and O–H groups in total. The van der Waals surface area contributed by atoms with E-state index in [4.69, 9.17) is 19.9 Å². The van der Waals surface area contributed by atoms with Crippen LogP contribution in [-0.2, 0) is 46.9 Å². The zero-order valence-corrected chi connectivity index (χ0v) is 37.4. The average Bonchev–Trinajstić information content (AvgIpc) is 3.22. The summed E-state index contributed by atoms with van der Waals surface area (Å²) in [5.74, 6) is -2.83. The number of hydrogen-bond donors (Lipinski definition) is 5. The zero-order valence-electron chi connectivity index (χ0n) is 36.6. The number of nitrogens with two attached hydrogens (primary N) is 1. The lowest BCUT2D eigenvalue weighted by Gasteiger charge is -2.26. The minimum absolute atomic E-state index is 0.0470. The fraction of sp³-hybridized carbons (Fsp3) is 0.455. The molecular weight excluding hydrogens is 853 g/mol. The molecule has 0 saturated heterocycles. The van der Waals surface area contributed by atoms with Crippen LogP contribution in [0.2, 0.25) is 0 Å². The Hall–Kier alpha value is -6.41. The van der Waals surface area contributed by atoms with E-state index in [0.29, 0.717) is 24.0 Å². The molecule has 0 aliphatic rings. The Morgan fingerprint density at radius 3 is 1.98 bits per heavy atom. The second kappa shape index (κ2) is 25.0. The van der Waals surface area contributed by atoms with E-state index in [9.17, 15) is 47.3 Å². The summed E-state index contributed by atoms with van der Waals surface area (Å²) in [5, 5.41) is 18.7. The number of nitro groups is 1. The van der Waals surface area contributed by atoms with Gasteiger partial charge in [0.05, 0.1) is 21.9 Å². The number of nitrogens with one attached hydrogen (secondary N) is 4. The van der Waals surface area contributed by atoms with Gasteiger partial charge in [-0.15, -0.1) is 0 Å². The van der Waals surface area contributed by atoms with Crippen LogP contribution in [0.15, 0.2) is 83.8 Å². The molecule has 0 saturated carbocycles. The number of non-ortho nitro benzene ring substituents is 1. The third-order valence-electron chi connectivity index (χ3n) is 9.57. The third kappa shape index (κ3) is 18.9. The van der Waals surface area contributed by atoms with Crippen molar-refractivity contribution in [3.8, 4) is 5.75 Å². The van der Waals surface area contributed by atoms with Crippen LogP contribution < -0.4 is 31.1 Å². The highest BCUT2D eigenvalue weighted by molar-refractivity contribution is 7.89. The fourth-order valence-electron chi connectivity index (χ4n) is 6.20. The SMILES string of the molecule is CC(C)[C@H](CC(=O)[C@H](CCCCNC(=O)OC(C)(C)C)NS(=O)(=O)c1ccccc1)C(=O)N[C@@H](CCCNC(N)=O)C(=O)Cc1ccc(COC(=O)Oc2ccc([N+](=O)[O-])cc2)cc1. The van der Waals surface area contributed by atoms with Crippen LogP contribution in [0.1, 0.15) is 84.3 Å². The monoisotopic (exact) mass is 910 g/mol. The topological polar surface area (TPSA) is 282 Å². The smallest absolute Gasteiger partial charge is 0.444 e. The molecule has 0 radical (unpaired) electrons. The molecule has 3 atom stereocenters. The van der Waals surface area contributed by atoms with Crippen molar-refractivity contribution in [2.24, 2.45) is 17.6 Å². The molecule has 0 aliphatic carbocycles. The van der Waals surface area contributed by atoms with Crippen molar-refractivity contribution < 1.29 is 56.3 Å². The molecule has 0 bridgehead atoms. The van der Waals surface area contributed by atoms with E-state index in [0.717, 1.165) is 0 Å². The van der Waals surface area contributed by atoms with Crippen molar-refractivity contribution in [1.29, 1.82) is 0 Å². The van der Waals surface area contributed by atoms with E-state index in [1.54, 1.807) is 77.1 Å². The Bertz CT molecular complexity index is 2160. The summed E-state index contributed by atoms with van der Waals surface area (Å²) < 4.78 is 44.7. The molecule has 19 nitrogen and oxygen atoms in total. The highest BCUT2D eigenvalue weighted by atomic mass is 32.2. The number of ketones is 2. The number of carbonyl (C=O) groups excluding carboxylic acids is 6. The standard InChI is InChI=1S/C44H58N6O13S/c1-29(2)35(27-39(52)37(49-64(59,60)34-12-7-6-8-13-34)14-9-10-24-47-42(55)63-44(3,4)5)40(53)48-36(15-11-25-46-41(45)54)38(51)26-30-16-18-31(19-17-30)28-61-43(56)62-33-22-20-32(21-23-33)50(57)58/h6-8,12-13,16-23,29,35-37,49H,9-11,14-15,24-28H2,1-5H3,(H,47,55)(H,48,53)(H3,45,46,54)/t35-,36-,37-/m0/s1. The highest BCUT2D eigenvalue weighted by Gasteiger charge is 2.33. The van der Waals surface area contributed by atoms with E-state index in [1.165, 1.54) is 36.4 Å². The maximum atomic E-state index is 14.0. The molecule has 0 aliphatic heterocycles. The molecule has 348 valence electrons. The Morgan fingerprint density at radius 1 is 0.781 bits per heavy atom. The van der Waals surface area contributed by atoms with Gasteiger partial charge in [-0.1, -0.05) is 56.3 Å². The molecule has 0 fully saturated rings. The fourth-order valence-corrected chi connectivity index (χ4v) is 7.48. The molecule has 0 aromatic heterocycles. The van der Waals surface area contributed by atoms with E-state index < -0.39 is 74.4 Å². The number of primary amides is 1. The number of Topliss-reactive ketones (excluding diaryl/α,β-unsaturated/α-hetero) is 2. The van der Waals surface area contributed by atoms with Crippen LogP contribution in [0, 0.1) is 22.0 Å². The Morgan fingerprint density at radius 2 is 1.39 bits per heavy atom. The maximum absolute atomic E-state index is 14.0. The van der Waals surface area contributed by atoms with E-state index in [1.807, 2.05) is 0 Å². The van der Waals surface area contributed by atoms with Gasteiger partial charge in [0.15, 0.2) is 11.6 Å². The summed E-state index contributed by atoms with van der Waals surface area (Å²) in [6.45, 7) is 8.82. The number of alkyl carbamates (subject to hydrolysis) is 1. The molecule has 4 amide bonds. The Balaban J connectivity index is 1.69. The molecule has 20 heteroatoms. The van der Waals surface area contributed by atoms with E-state index in [2.05, 4.69) is 20.7 Å². The number of rotatable bonds is 25. The van der Waals surface area contributed by atoms with Gasteiger partial charge in [-0.3, -0.25) is 24.5 Å². The number of urea groups is 1. The van der Waals surface area contributed by atoms with Gasteiger partial charge in [-0.05, 0) is 94.2 Å². The summed E-state index contributed by atoms with van der Waals surface area (Å²) in [6.07, 6.45) is -0.927. The van der Waals surface area contributed by atoms with Crippen LogP contribution in [0.5, 0.6) is 5.75 Å². The first kappa shape index (κ1) is 51.9. The Labute approximate surface area is 372 Å². The number of ether oxygens (including phenoxy) is 3. The van der Waals surface area contributed by atoms with Crippen molar-refractivity contribution in [2.45, 2.75) is 109 Å². The second-order valence-corrected chi connectivity index (χ2v) is 18.0. The van der Waals surface area contributed by atoms with Crippen molar-refractivity contribution in [3.05, 3.63) is 100 Å². The Kier molecular flexibility index (Phi) is 20.3. The van der Waals surface area contributed by atoms with Gasteiger partial charge in [-0.25, -0.2) is 27.5 Å². The molecule has 0 heterocycles. The molecule has 3 aromatic carbocycles. The quantitative estimate of drug-likeness (QED) is 0.0227. The van der Waals surface area contributed by atoms with Crippen LogP contribution in [-0.4, -0.2) is 79.9 Å². The first-order valence-corrected chi connectivity index (χ1v) is 22.2. The summed E-state index contributed by atoms with van der Waals surface area (Å²) in [6, 6.07) is 16.0. The number of unbranched alkanes of at least 4 members (excludes halogenated alkanes) is 1. The van der Waals surface area contributed by atoms with Gasteiger partial charge >= 0.3 is 18.3 Å². The molecule has 3 aromatic rings. The van der Waals surface area contributed by atoms with E-state index in [-0.39, 0.29) is 73.9 Å². The van der Waals surface area contributed by atoms with Gasteiger partial charge in [0.2, 0.25) is 15.9 Å². The molecule has 64 heavy (non-hydrogen) atoms. The number of sulfonamides is 1. The summed E-state index contributed by atoms with van der Waals surface area (Å²) in [7, 11) is -4.15. The lowest BCUT2D eigenvalue weighted by atomic mass is 9.86. The lowest BCUT2D eigenvalue weighted by Crippen LogP contribution is -2.47. The number of hydrogen-bond acceptors (Lipinski definition) is 13. The van der Waals surface area contributed by atoms with Crippen LogP contribution in [0.4, 0.5) is 20.1 Å². The van der Waals surface area contributed by atoms with E-state index >= 15 is 0 Å². The van der Waals surface area contributed by atoms with Gasteiger partial charge in [0.25, 0.3) is 5.69 Å². The summed E-state index contributed by atoms with van der Waals surface area (Å²) in [4.78, 5) is 87.5. The average molecular weight is 911 g/mol. The van der Waals surface area contributed by atoms with Crippen molar-refractivity contribution in [3.63, 3.8) is 0 Å². The van der Waals surface area contributed by atoms with Gasteiger partial charge in [-0.2, -0.15) is 0 Å². The second-order valence-electron chi connectivity index (χ2n) is 16.3. The van der Waals surface area contributed by atoms with Gasteiger partial charge < -0.3 is 35.9 Å². The lowest BCUT2D eigenvalue weighted by molar-refractivity contribution is -0.384. The van der Waals surface area contributed by atoms with Crippen molar-refractivity contribution in [1.82, 2.24) is 20.7 Å². The number of nitro benzene ring substituents is 1. The van der Waals surface area contributed by atoms with Crippen molar-refractivity contribution >= 4 is 51.5 Å². The van der Waals surface area contributed by atoms with Crippen LogP contribution in [0.3, 0.4) is 0 Å². The predicted molar refractivity (Wildman–Crippen MR) is 234 cm³/mol. The largest absolute Gasteiger partial charge is 0.514 e. The predicted octanol–water partition coefficient (Wildman–Crippen LogP) is 5.63. The minimum atomic E-state index is -4.15. The summed E-state index contributed by atoms with van der Waals surface area (Å²) >= 11 is 0. The van der Waals surface area contributed by atoms with Gasteiger partial charge in [0.1, 0.15) is 18.0 Å². The maximum Gasteiger partial charge on any atom is 0.514 e. The first-order valence-electron chi connectivity index (χ1n) is 20.7. The van der Waals surface area contributed by atoms with Crippen LogP contribution >= 0.6 is 0 Å². The first-order chi connectivity index (χ1) is 30.1. The minimum Gasteiger partial charge on any atom is -0.444 e. The molecule has 0 spiro atoms. The number of benzene rings is 3. The molecule has 3 rings (SSSR count). The van der Waals surface area contributed by atoms with Gasteiger partial charge in [0, 0.05) is 44.0 Å². The van der Waals surface area contributed by atoms with Crippen molar-refractivity contribution in [2.75, 3.05) is 13.1 Å². The molecule has 0 unspecified atom stereocenters. The van der Waals surface area contributed by atoms with Crippen LogP contribution in [0.25, 0.3) is 0 Å². The summed E-state index contributed by atoms with van der Waals surface area (Å²) in [5.41, 5.74) is 5.47. The number of nitrogens with zero attached hydrogens (tertiary/aromatic N) is 1. The molecular formula is C44H58N6O13S. The normalized spacial score (nSPS) is 12.8. The number of amides is 4. The zero-order chi connectivity index (χ0) is 47.5. The third-order valence-corrected chi connectivity index (χ3v) is 11.1.